The number of carbonyl (C=O) groups is 1. The molecule has 0 spiro atoms. The molecule has 5 heteroatoms. The molecular formula is C10H11ClFNO2. The Balaban J connectivity index is 2.91. The van der Waals surface area contributed by atoms with E-state index in [1.165, 1.54) is 26.0 Å². The number of halogens is 2. The lowest BCUT2D eigenvalue weighted by molar-refractivity contribution is -0.141. The maximum atomic E-state index is 13.0. The van der Waals surface area contributed by atoms with E-state index in [1.54, 1.807) is 0 Å². The molecule has 0 atom stereocenters. The molecule has 0 fully saturated rings. The Morgan fingerprint density at radius 3 is 2.60 bits per heavy atom. The van der Waals surface area contributed by atoms with Gasteiger partial charge in [-0.3, -0.25) is 0 Å². The predicted molar refractivity (Wildman–Crippen MR) is 56.7 cm³/mol. The maximum absolute atomic E-state index is 13.0. The van der Waals surface area contributed by atoms with E-state index in [-0.39, 0.29) is 5.02 Å². The Morgan fingerprint density at radius 2 is 2.13 bits per heavy atom. The molecule has 1 aromatic rings. The number of rotatable bonds is 3. The van der Waals surface area contributed by atoms with Gasteiger partial charge in [0.05, 0.1) is 5.02 Å². The van der Waals surface area contributed by atoms with E-state index >= 15 is 0 Å². The first-order valence-corrected chi connectivity index (χ1v) is 4.67. The fraction of sp³-hybridized carbons (Fsp3) is 0.300. The van der Waals surface area contributed by atoms with Crippen LogP contribution in [0.5, 0.6) is 0 Å². The predicted octanol–water partition coefficient (Wildman–Crippen LogP) is 2.75. The third-order valence-corrected chi connectivity index (χ3v) is 2.22. The Kier molecular flexibility index (Phi) is 3.19. The molecule has 0 aromatic heterocycles. The standard InChI is InChI=1S/C10H11ClFNO2/c1-10(2,9(14)15)13-6-3-4-7(11)8(12)5-6/h3-5,13H,1-2H3,(H,14,15). The second kappa shape index (κ2) is 4.06. The minimum absolute atomic E-state index is 0.00804. The summed E-state index contributed by atoms with van der Waals surface area (Å²) in [5.74, 6) is -1.60. The van der Waals surface area contributed by atoms with Gasteiger partial charge in [-0.2, -0.15) is 0 Å². The highest BCUT2D eigenvalue weighted by Crippen LogP contribution is 2.21. The molecule has 1 aromatic carbocycles. The third kappa shape index (κ3) is 2.83. The van der Waals surface area contributed by atoms with Crippen molar-refractivity contribution in [2.45, 2.75) is 19.4 Å². The second-order valence-electron chi connectivity index (χ2n) is 3.68. The topological polar surface area (TPSA) is 49.3 Å². The fourth-order valence-corrected chi connectivity index (χ4v) is 1.11. The van der Waals surface area contributed by atoms with E-state index < -0.39 is 17.3 Å². The van der Waals surface area contributed by atoms with Gasteiger partial charge < -0.3 is 10.4 Å². The van der Waals surface area contributed by atoms with Crippen LogP contribution in [0, 0.1) is 5.82 Å². The molecule has 0 unspecified atom stereocenters. The number of hydrogen-bond acceptors (Lipinski definition) is 2. The average molecular weight is 232 g/mol. The molecule has 2 N–H and O–H groups in total. The first-order chi connectivity index (χ1) is 6.83. The van der Waals surface area contributed by atoms with Crippen molar-refractivity contribution in [3.05, 3.63) is 29.0 Å². The SMILES string of the molecule is CC(C)(Nc1ccc(Cl)c(F)c1)C(=O)O. The fourth-order valence-electron chi connectivity index (χ4n) is 0.988. The van der Waals surface area contributed by atoms with Gasteiger partial charge in [0, 0.05) is 5.69 Å². The molecule has 0 heterocycles. The zero-order valence-electron chi connectivity index (χ0n) is 8.34. The highest BCUT2D eigenvalue weighted by Gasteiger charge is 2.26. The summed E-state index contributed by atoms with van der Waals surface area (Å²) in [6.45, 7) is 2.98. The van der Waals surface area contributed by atoms with E-state index in [9.17, 15) is 9.18 Å². The van der Waals surface area contributed by atoms with Gasteiger partial charge in [-0.25, -0.2) is 9.18 Å². The summed E-state index contributed by atoms with van der Waals surface area (Å²) in [6, 6.07) is 4.06. The molecule has 3 nitrogen and oxygen atoms in total. The quantitative estimate of drug-likeness (QED) is 0.841. The number of aliphatic carboxylic acids is 1. The van der Waals surface area contributed by atoms with Crippen molar-refractivity contribution in [1.82, 2.24) is 0 Å². The van der Waals surface area contributed by atoms with Crippen molar-refractivity contribution < 1.29 is 14.3 Å². The zero-order chi connectivity index (χ0) is 11.6. The van der Waals surface area contributed by atoms with Crippen LogP contribution in [0.3, 0.4) is 0 Å². The first-order valence-electron chi connectivity index (χ1n) is 4.29. The van der Waals surface area contributed by atoms with Crippen molar-refractivity contribution in [1.29, 1.82) is 0 Å². The summed E-state index contributed by atoms with van der Waals surface area (Å²) in [6.07, 6.45) is 0. The van der Waals surface area contributed by atoms with Gasteiger partial charge in [0.25, 0.3) is 0 Å². The first kappa shape index (κ1) is 11.8. The van der Waals surface area contributed by atoms with Crippen LogP contribution in [-0.4, -0.2) is 16.6 Å². The van der Waals surface area contributed by atoms with Crippen LogP contribution in [0.2, 0.25) is 5.02 Å². The normalized spacial score (nSPS) is 11.2. The van der Waals surface area contributed by atoms with Crippen LogP contribution >= 0.6 is 11.6 Å². The zero-order valence-corrected chi connectivity index (χ0v) is 9.10. The number of hydrogen-bond donors (Lipinski definition) is 2. The van der Waals surface area contributed by atoms with Crippen molar-refractivity contribution >= 4 is 23.3 Å². The Morgan fingerprint density at radius 1 is 1.53 bits per heavy atom. The molecule has 0 aliphatic rings. The smallest absolute Gasteiger partial charge is 0.328 e. The highest BCUT2D eigenvalue weighted by molar-refractivity contribution is 6.30. The Labute approximate surface area is 91.9 Å². The van der Waals surface area contributed by atoms with E-state index in [0.717, 1.165) is 6.07 Å². The minimum atomic E-state index is -1.15. The van der Waals surface area contributed by atoms with Crippen LogP contribution in [-0.2, 0) is 4.79 Å². The molecule has 0 amide bonds. The van der Waals surface area contributed by atoms with E-state index in [1.807, 2.05) is 0 Å². The monoisotopic (exact) mass is 231 g/mol. The van der Waals surface area contributed by atoms with Gasteiger partial charge >= 0.3 is 5.97 Å². The number of carboxylic acids is 1. The van der Waals surface area contributed by atoms with Crippen LogP contribution in [0.15, 0.2) is 18.2 Å². The lowest BCUT2D eigenvalue weighted by atomic mass is 10.1. The summed E-state index contributed by atoms with van der Waals surface area (Å²) >= 11 is 5.50. The van der Waals surface area contributed by atoms with Gasteiger partial charge in [-0.1, -0.05) is 11.6 Å². The summed E-state index contributed by atoms with van der Waals surface area (Å²) in [4.78, 5) is 10.8. The molecule has 15 heavy (non-hydrogen) atoms. The van der Waals surface area contributed by atoms with Crippen molar-refractivity contribution in [3.8, 4) is 0 Å². The number of anilines is 1. The van der Waals surface area contributed by atoms with E-state index in [2.05, 4.69) is 5.32 Å². The molecular weight excluding hydrogens is 221 g/mol. The molecule has 0 saturated heterocycles. The maximum Gasteiger partial charge on any atom is 0.328 e. The Hall–Kier alpha value is -1.29. The molecule has 0 aliphatic heterocycles. The molecule has 0 aliphatic carbocycles. The van der Waals surface area contributed by atoms with Gasteiger partial charge in [-0.15, -0.1) is 0 Å². The van der Waals surface area contributed by atoms with Crippen molar-refractivity contribution in [2.75, 3.05) is 5.32 Å². The van der Waals surface area contributed by atoms with Crippen molar-refractivity contribution in [2.24, 2.45) is 0 Å². The molecule has 0 saturated carbocycles. The second-order valence-corrected chi connectivity index (χ2v) is 4.09. The summed E-state index contributed by atoms with van der Waals surface area (Å²) in [5, 5.41) is 11.5. The van der Waals surface area contributed by atoms with Crippen LogP contribution in [0.25, 0.3) is 0 Å². The molecule has 0 radical (unpaired) electrons. The van der Waals surface area contributed by atoms with Gasteiger partial charge in [-0.05, 0) is 32.0 Å². The summed E-state index contributed by atoms with van der Waals surface area (Å²) in [7, 11) is 0. The lowest BCUT2D eigenvalue weighted by Crippen LogP contribution is -2.39. The van der Waals surface area contributed by atoms with Gasteiger partial charge in [0.15, 0.2) is 0 Å². The Bertz CT molecular complexity index is 393. The average Bonchev–Trinajstić information content (AvgIpc) is 2.10. The summed E-state index contributed by atoms with van der Waals surface area (Å²) in [5.41, 5.74) is -0.774. The number of benzene rings is 1. The third-order valence-electron chi connectivity index (χ3n) is 1.91. The van der Waals surface area contributed by atoms with Gasteiger partial charge in [0.1, 0.15) is 11.4 Å². The summed E-state index contributed by atoms with van der Waals surface area (Å²) < 4.78 is 13.0. The van der Waals surface area contributed by atoms with E-state index in [4.69, 9.17) is 16.7 Å². The lowest BCUT2D eigenvalue weighted by Gasteiger charge is -2.22. The molecule has 0 bridgehead atoms. The van der Waals surface area contributed by atoms with Gasteiger partial charge in [0.2, 0.25) is 0 Å². The highest BCUT2D eigenvalue weighted by atomic mass is 35.5. The minimum Gasteiger partial charge on any atom is -0.480 e. The number of carboxylic acid groups (broad SMARTS) is 1. The largest absolute Gasteiger partial charge is 0.480 e. The number of nitrogens with one attached hydrogen (secondary N) is 1. The van der Waals surface area contributed by atoms with Crippen molar-refractivity contribution in [3.63, 3.8) is 0 Å². The van der Waals surface area contributed by atoms with Crippen LogP contribution in [0.1, 0.15) is 13.8 Å². The van der Waals surface area contributed by atoms with E-state index in [0.29, 0.717) is 5.69 Å². The van der Waals surface area contributed by atoms with Crippen LogP contribution in [0.4, 0.5) is 10.1 Å². The molecule has 1 rings (SSSR count). The molecule has 82 valence electrons. The van der Waals surface area contributed by atoms with Crippen LogP contribution < -0.4 is 5.32 Å².